The summed E-state index contributed by atoms with van der Waals surface area (Å²) in [5.74, 6) is -0.231. The van der Waals surface area contributed by atoms with Crippen molar-refractivity contribution in [2.45, 2.75) is 12.8 Å². The fraction of sp³-hybridized carbons (Fsp3) is 0.429. The van der Waals surface area contributed by atoms with Crippen molar-refractivity contribution in [3.05, 3.63) is 29.8 Å². The number of amides is 1. The summed E-state index contributed by atoms with van der Waals surface area (Å²) in [5, 5.41) is 9.11. The van der Waals surface area contributed by atoms with Crippen molar-refractivity contribution in [2.75, 3.05) is 30.2 Å². The van der Waals surface area contributed by atoms with Crippen LogP contribution in [0.1, 0.15) is 18.4 Å². The van der Waals surface area contributed by atoms with Gasteiger partial charge in [-0.25, -0.2) is 8.42 Å². The van der Waals surface area contributed by atoms with Crippen LogP contribution < -0.4 is 4.31 Å². The van der Waals surface area contributed by atoms with Crippen molar-refractivity contribution in [2.24, 2.45) is 0 Å². The van der Waals surface area contributed by atoms with E-state index < -0.39 is 10.0 Å². The summed E-state index contributed by atoms with van der Waals surface area (Å²) in [5.41, 5.74) is 0.479. The van der Waals surface area contributed by atoms with Gasteiger partial charge in [0.1, 0.15) is 12.6 Å². The minimum absolute atomic E-state index is 0.231. The van der Waals surface area contributed by atoms with Gasteiger partial charge in [0, 0.05) is 13.1 Å². The van der Waals surface area contributed by atoms with Crippen molar-refractivity contribution in [1.29, 1.82) is 5.26 Å². The Morgan fingerprint density at radius 2 is 1.95 bits per heavy atom. The molecule has 1 fully saturated rings. The predicted molar refractivity (Wildman–Crippen MR) is 79.2 cm³/mol. The van der Waals surface area contributed by atoms with E-state index in [1.165, 1.54) is 12.1 Å². The topological polar surface area (TPSA) is 81.5 Å². The molecular weight excluding hydrogens is 290 g/mol. The summed E-state index contributed by atoms with van der Waals surface area (Å²) in [6.07, 6.45) is 2.93. The molecule has 21 heavy (non-hydrogen) atoms. The lowest BCUT2D eigenvalue weighted by Crippen LogP contribution is -2.41. The van der Waals surface area contributed by atoms with E-state index in [9.17, 15) is 13.2 Å². The molecule has 1 aliphatic rings. The number of para-hydroxylation sites is 1. The molecule has 0 N–H and O–H groups in total. The number of sulfonamides is 1. The summed E-state index contributed by atoms with van der Waals surface area (Å²) < 4.78 is 25.0. The van der Waals surface area contributed by atoms with Gasteiger partial charge in [-0.15, -0.1) is 0 Å². The average molecular weight is 307 g/mol. The average Bonchev–Trinajstić information content (AvgIpc) is 2.97. The van der Waals surface area contributed by atoms with Crippen LogP contribution >= 0.6 is 0 Å². The molecule has 1 aromatic rings. The lowest BCUT2D eigenvalue weighted by atomic mass is 10.2. The zero-order chi connectivity index (χ0) is 15.5. The normalized spacial score (nSPS) is 14.8. The van der Waals surface area contributed by atoms with Crippen LogP contribution in [0, 0.1) is 11.3 Å². The summed E-state index contributed by atoms with van der Waals surface area (Å²) in [6.45, 7) is 1.06. The van der Waals surface area contributed by atoms with E-state index in [2.05, 4.69) is 0 Å². The van der Waals surface area contributed by atoms with Crippen molar-refractivity contribution in [3.8, 4) is 6.07 Å². The van der Waals surface area contributed by atoms with E-state index in [0.29, 0.717) is 13.1 Å². The predicted octanol–water partition coefficient (Wildman–Crippen LogP) is 0.947. The van der Waals surface area contributed by atoms with Crippen molar-refractivity contribution >= 4 is 21.6 Å². The van der Waals surface area contributed by atoms with Crippen LogP contribution in [0.15, 0.2) is 24.3 Å². The lowest BCUT2D eigenvalue weighted by Gasteiger charge is -2.25. The molecule has 0 spiro atoms. The third kappa shape index (κ3) is 3.52. The zero-order valence-corrected chi connectivity index (χ0v) is 12.6. The zero-order valence-electron chi connectivity index (χ0n) is 11.8. The quantitative estimate of drug-likeness (QED) is 0.829. The van der Waals surface area contributed by atoms with Crippen LogP contribution in [0.3, 0.4) is 0 Å². The van der Waals surface area contributed by atoms with Crippen LogP contribution in [0.25, 0.3) is 0 Å². The number of nitriles is 1. The molecule has 0 saturated carbocycles. The molecule has 1 aromatic carbocycles. The number of carbonyl (C=O) groups is 1. The van der Waals surface area contributed by atoms with E-state index in [0.717, 1.165) is 23.4 Å². The summed E-state index contributed by atoms with van der Waals surface area (Å²) in [7, 11) is -3.64. The van der Waals surface area contributed by atoms with Gasteiger partial charge in [0.15, 0.2) is 0 Å². The standard InChI is InChI=1S/C14H17N3O3S/c1-21(19,20)17(11-14(18)16-8-4-5-9-16)13-7-3-2-6-12(13)10-15/h2-3,6-7H,4-5,8-9,11H2,1H3. The Hall–Kier alpha value is -2.07. The van der Waals surface area contributed by atoms with E-state index in [1.54, 1.807) is 17.0 Å². The van der Waals surface area contributed by atoms with Gasteiger partial charge < -0.3 is 4.90 Å². The van der Waals surface area contributed by atoms with Gasteiger partial charge in [-0.1, -0.05) is 12.1 Å². The van der Waals surface area contributed by atoms with Crippen molar-refractivity contribution in [1.82, 2.24) is 4.90 Å². The number of carbonyl (C=O) groups excluding carboxylic acids is 1. The molecule has 0 bridgehead atoms. The Labute approximate surface area is 124 Å². The highest BCUT2D eigenvalue weighted by Crippen LogP contribution is 2.22. The summed E-state index contributed by atoms with van der Waals surface area (Å²) >= 11 is 0. The second-order valence-electron chi connectivity index (χ2n) is 4.99. The number of likely N-dealkylation sites (tertiary alicyclic amines) is 1. The SMILES string of the molecule is CS(=O)(=O)N(CC(=O)N1CCCC1)c1ccccc1C#N. The first-order valence-electron chi connectivity index (χ1n) is 6.68. The maximum absolute atomic E-state index is 12.2. The van der Waals surface area contributed by atoms with Crippen LogP contribution in [0.4, 0.5) is 5.69 Å². The molecule has 1 heterocycles. The molecule has 0 radical (unpaired) electrons. The third-order valence-corrected chi connectivity index (χ3v) is 4.56. The van der Waals surface area contributed by atoms with Crippen molar-refractivity contribution < 1.29 is 13.2 Å². The molecule has 2 rings (SSSR count). The van der Waals surface area contributed by atoms with Gasteiger partial charge in [0.25, 0.3) is 0 Å². The molecule has 6 nitrogen and oxygen atoms in total. The van der Waals surface area contributed by atoms with Gasteiger partial charge in [-0.3, -0.25) is 9.10 Å². The summed E-state index contributed by atoms with van der Waals surface area (Å²) in [6, 6.07) is 8.34. The first kappa shape index (κ1) is 15.3. The van der Waals surface area contributed by atoms with E-state index in [4.69, 9.17) is 5.26 Å². The Balaban J connectivity index is 2.32. The van der Waals surface area contributed by atoms with Crippen LogP contribution in [0.2, 0.25) is 0 Å². The minimum Gasteiger partial charge on any atom is -0.341 e. The van der Waals surface area contributed by atoms with Gasteiger partial charge >= 0.3 is 0 Å². The van der Waals surface area contributed by atoms with Crippen LogP contribution in [0.5, 0.6) is 0 Å². The number of rotatable bonds is 4. The molecule has 0 aromatic heterocycles. The molecule has 1 saturated heterocycles. The molecule has 0 aliphatic carbocycles. The van der Waals surface area contributed by atoms with Gasteiger partial charge in [-0.2, -0.15) is 5.26 Å². The smallest absolute Gasteiger partial charge is 0.243 e. The van der Waals surface area contributed by atoms with Crippen LogP contribution in [-0.4, -0.2) is 45.1 Å². The Morgan fingerprint density at radius 3 is 2.52 bits per heavy atom. The minimum atomic E-state index is -3.64. The maximum Gasteiger partial charge on any atom is 0.243 e. The first-order valence-corrected chi connectivity index (χ1v) is 8.53. The summed E-state index contributed by atoms with van der Waals surface area (Å²) in [4.78, 5) is 13.9. The lowest BCUT2D eigenvalue weighted by molar-refractivity contribution is -0.128. The van der Waals surface area contributed by atoms with Gasteiger partial charge in [0.2, 0.25) is 15.9 Å². The second kappa shape index (κ2) is 6.14. The van der Waals surface area contributed by atoms with E-state index >= 15 is 0 Å². The Morgan fingerprint density at radius 1 is 1.33 bits per heavy atom. The molecule has 112 valence electrons. The maximum atomic E-state index is 12.2. The largest absolute Gasteiger partial charge is 0.341 e. The molecule has 0 unspecified atom stereocenters. The number of hydrogen-bond donors (Lipinski definition) is 0. The van der Waals surface area contributed by atoms with Crippen molar-refractivity contribution in [3.63, 3.8) is 0 Å². The molecule has 0 atom stereocenters. The third-order valence-electron chi connectivity index (χ3n) is 3.43. The molecule has 7 heteroatoms. The highest BCUT2D eigenvalue weighted by molar-refractivity contribution is 7.92. The highest BCUT2D eigenvalue weighted by atomic mass is 32.2. The fourth-order valence-corrected chi connectivity index (χ4v) is 3.22. The molecule has 1 amide bonds. The number of nitrogens with zero attached hydrogens (tertiary/aromatic N) is 3. The highest BCUT2D eigenvalue weighted by Gasteiger charge is 2.26. The fourth-order valence-electron chi connectivity index (χ4n) is 2.36. The van der Waals surface area contributed by atoms with Gasteiger partial charge in [0.05, 0.1) is 17.5 Å². The second-order valence-corrected chi connectivity index (χ2v) is 6.89. The number of hydrogen-bond acceptors (Lipinski definition) is 4. The van der Waals surface area contributed by atoms with Crippen LogP contribution in [-0.2, 0) is 14.8 Å². The van der Waals surface area contributed by atoms with E-state index in [1.807, 2.05) is 6.07 Å². The van der Waals surface area contributed by atoms with E-state index in [-0.39, 0.29) is 23.7 Å². The Kier molecular flexibility index (Phi) is 4.48. The molecular formula is C14H17N3O3S. The Bertz CT molecular complexity index is 673. The number of benzene rings is 1. The number of anilines is 1. The molecule has 1 aliphatic heterocycles. The monoisotopic (exact) mass is 307 g/mol. The first-order chi connectivity index (χ1) is 9.93. The van der Waals surface area contributed by atoms with Gasteiger partial charge in [-0.05, 0) is 25.0 Å².